The molecular formula is C24H21ClN4O3S. The van der Waals surface area contributed by atoms with Gasteiger partial charge in [-0.3, -0.25) is 4.79 Å². The van der Waals surface area contributed by atoms with Crippen molar-refractivity contribution in [1.82, 2.24) is 18.8 Å². The number of nitrogens with zero attached hydrogens (tertiary/aromatic N) is 4. The molecule has 9 heteroatoms. The number of hydrogen-bond donors (Lipinski definition) is 0. The van der Waals surface area contributed by atoms with Gasteiger partial charge in [0.25, 0.3) is 0 Å². The number of benzene rings is 3. The number of carbonyl (C=O) groups is 1. The molecule has 33 heavy (non-hydrogen) atoms. The average Bonchev–Trinajstić information content (AvgIpc) is 3.35. The maximum atomic E-state index is 13.2. The highest BCUT2D eigenvalue weighted by Gasteiger charge is 2.32. The number of carbonyl (C=O) groups excluding carboxylic acids is 1. The summed E-state index contributed by atoms with van der Waals surface area (Å²) in [7, 11) is -3.78. The summed E-state index contributed by atoms with van der Waals surface area (Å²) in [4.78, 5) is 18.7. The van der Waals surface area contributed by atoms with E-state index in [-0.39, 0.29) is 23.9 Å². The summed E-state index contributed by atoms with van der Waals surface area (Å²) >= 11 is 6.02. The highest BCUT2D eigenvalue weighted by atomic mass is 35.5. The number of rotatable bonds is 5. The molecule has 0 aliphatic carbocycles. The molecule has 168 valence electrons. The molecule has 7 nitrogen and oxygen atoms in total. The van der Waals surface area contributed by atoms with E-state index in [9.17, 15) is 13.2 Å². The Kier molecular flexibility index (Phi) is 5.65. The number of sulfonamides is 1. The van der Waals surface area contributed by atoms with E-state index < -0.39 is 10.0 Å². The van der Waals surface area contributed by atoms with Crippen molar-refractivity contribution in [2.24, 2.45) is 0 Å². The minimum absolute atomic E-state index is 0.173. The zero-order chi connectivity index (χ0) is 23.0. The van der Waals surface area contributed by atoms with Gasteiger partial charge < -0.3 is 9.47 Å². The van der Waals surface area contributed by atoms with Crippen molar-refractivity contribution in [2.45, 2.75) is 11.4 Å². The van der Waals surface area contributed by atoms with Crippen LogP contribution in [0, 0.1) is 0 Å². The molecule has 1 aliphatic rings. The van der Waals surface area contributed by atoms with Crippen LogP contribution >= 0.6 is 11.6 Å². The molecule has 4 aromatic rings. The lowest BCUT2D eigenvalue weighted by Gasteiger charge is -2.33. The maximum absolute atomic E-state index is 13.2. The first-order valence-electron chi connectivity index (χ1n) is 10.4. The first-order valence-corrected chi connectivity index (χ1v) is 12.3. The molecule has 1 aromatic heterocycles. The van der Waals surface area contributed by atoms with Crippen LogP contribution < -0.4 is 0 Å². The third-order valence-corrected chi connectivity index (χ3v) is 7.88. The summed E-state index contributed by atoms with van der Waals surface area (Å²) in [5.41, 5.74) is 1.97. The molecule has 1 fully saturated rings. The molecule has 0 N–H and O–H groups in total. The highest BCUT2D eigenvalue weighted by molar-refractivity contribution is 7.89. The monoisotopic (exact) mass is 480 g/mol. The predicted octanol–water partition coefficient (Wildman–Crippen LogP) is 3.71. The van der Waals surface area contributed by atoms with Crippen molar-refractivity contribution >= 4 is 38.3 Å². The Labute approximate surface area is 196 Å². The minimum Gasteiger partial charge on any atom is -0.336 e. The topological polar surface area (TPSA) is 75.5 Å². The van der Waals surface area contributed by atoms with Gasteiger partial charge in [0.1, 0.15) is 0 Å². The summed E-state index contributed by atoms with van der Waals surface area (Å²) in [6.45, 7) is 0.853. The number of imidazole rings is 1. The first-order chi connectivity index (χ1) is 15.9. The second-order valence-electron chi connectivity index (χ2n) is 7.94. The first kappa shape index (κ1) is 21.6. The lowest BCUT2D eigenvalue weighted by atomic mass is 10.1. The molecule has 5 rings (SSSR count). The fourth-order valence-corrected chi connectivity index (χ4v) is 5.57. The average molecular weight is 481 g/mol. The van der Waals surface area contributed by atoms with Gasteiger partial charge in [-0.1, -0.05) is 35.9 Å². The molecule has 0 saturated carbocycles. The van der Waals surface area contributed by atoms with Crippen LogP contribution in [0.3, 0.4) is 0 Å². The van der Waals surface area contributed by atoms with Gasteiger partial charge in [0.15, 0.2) is 0 Å². The van der Waals surface area contributed by atoms with Crippen molar-refractivity contribution in [1.29, 1.82) is 0 Å². The summed E-state index contributed by atoms with van der Waals surface area (Å²) in [6, 6.07) is 18.1. The van der Waals surface area contributed by atoms with Crippen molar-refractivity contribution in [3.05, 3.63) is 90.0 Å². The Balaban J connectivity index is 1.28. The summed E-state index contributed by atoms with van der Waals surface area (Å²) < 4.78 is 29.5. The van der Waals surface area contributed by atoms with Gasteiger partial charge in [0.05, 0.1) is 17.8 Å². The third kappa shape index (κ3) is 4.37. The van der Waals surface area contributed by atoms with Crippen LogP contribution in [0.1, 0.15) is 5.56 Å². The molecular weight excluding hydrogens is 460 g/mol. The molecule has 1 aliphatic heterocycles. The van der Waals surface area contributed by atoms with E-state index in [2.05, 4.69) is 4.98 Å². The number of hydrogen-bond acceptors (Lipinski definition) is 4. The second kappa shape index (κ2) is 8.62. The Hall–Kier alpha value is -3.20. The van der Waals surface area contributed by atoms with Crippen LogP contribution in [0.4, 0.5) is 0 Å². The summed E-state index contributed by atoms with van der Waals surface area (Å²) in [5.74, 6) is -0.212. The number of piperazine rings is 1. The lowest BCUT2D eigenvalue weighted by molar-refractivity contribution is -0.134. The van der Waals surface area contributed by atoms with Gasteiger partial charge >= 0.3 is 0 Å². The molecule has 1 amide bonds. The van der Waals surface area contributed by atoms with Crippen molar-refractivity contribution in [2.75, 3.05) is 19.6 Å². The fraction of sp³-hybridized carbons (Fsp3) is 0.167. The van der Waals surface area contributed by atoms with Gasteiger partial charge in [0, 0.05) is 42.7 Å². The van der Waals surface area contributed by atoms with Gasteiger partial charge in [0.2, 0.25) is 15.9 Å². The maximum Gasteiger partial charge on any atom is 0.243 e. The van der Waals surface area contributed by atoms with Gasteiger partial charge in [-0.15, -0.1) is 0 Å². The zero-order valence-corrected chi connectivity index (χ0v) is 19.2. The van der Waals surface area contributed by atoms with Crippen LogP contribution in [0.25, 0.3) is 16.5 Å². The van der Waals surface area contributed by atoms with Crippen LogP contribution in [0.2, 0.25) is 5.02 Å². The van der Waals surface area contributed by atoms with E-state index >= 15 is 0 Å². The lowest BCUT2D eigenvalue weighted by Crippen LogP contribution is -2.51. The molecule has 3 aromatic carbocycles. The third-order valence-electron chi connectivity index (χ3n) is 5.81. The quantitative estimate of drug-likeness (QED) is 0.436. The predicted molar refractivity (Wildman–Crippen MR) is 127 cm³/mol. The molecule has 0 bridgehead atoms. The zero-order valence-electron chi connectivity index (χ0n) is 17.6. The Morgan fingerprint density at radius 3 is 2.42 bits per heavy atom. The van der Waals surface area contributed by atoms with Crippen molar-refractivity contribution in [3.63, 3.8) is 0 Å². The molecule has 0 unspecified atom stereocenters. The smallest absolute Gasteiger partial charge is 0.243 e. The van der Waals surface area contributed by atoms with E-state index in [0.29, 0.717) is 18.1 Å². The van der Waals surface area contributed by atoms with Crippen LogP contribution in [-0.4, -0.2) is 52.7 Å². The number of halogens is 1. The molecule has 0 radical (unpaired) electrons. The van der Waals surface area contributed by atoms with Crippen LogP contribution in [-0.2, 0) is 21.4 Å². The van der Waals surface area contributed by atoms with E-state index in [1.807, 2.05) is 35.0 Å². The number of fused-ring (bicyclic) bond motifs is 1. The Morgan fingerprint density at radius 1 is 0.939 bits per heavy atom. The minimum atomic E-state index is -3.78. The normalized spacial score (nSPS) is 15.3. The largest absolute Gasteiger partial charge is 0.336 e. The second-order valence-corrected chi connectivity index (χ2v) is 10.3. The number of aromatic nitrogens is 2. The van der Waals surface area contributed by atoms with E-state index in [1.54, 1.807) is 53.8 Å². The fourth-order valence-electron chi connectivity index (χ4n) is 3.97. The molecule has 0 spiro atoms. The Morgan fingerprint density at radius 2 is 1.70 bits per heavy atom. The molecule has 1 saturated heterocycles. The van der Waals surface area contributed by atoms with Crippen LogP contribution in [0.5, 0.6) is 0 Å². The van der Waals surface area contributed by atoms with E-state index in [0.717, 1.165) is 22.0 Å². The van der Waals surface area contributed by atoms with Gasteiger partial charge in [-0.05, 0) is 52.7 Å². The number of amides is 1. The van der Waals surface area contributed by atoms with E-state index in [4.69, 9.17) is 11.6 Å². The molecule has 2 heterocycles. The SMILES string of the molecule is O=C1CN(S(=O)(=O)c2ccc3cc(Cl)ccc3c2)CCN1Cc1ccc(-n2ccnc2)cc1. The molecule has 0 atom stereocenters. The highest BCUT2D eigenvalue weighted by Crippen LogP contribution is 2.25. The standard InChI is InChI=1S/C24H21ClN4O3S/c25-21-5-3-20-14-23(8-4-19(20)13-21)33(31,32)29-12-11-27(24(30)16-29)15-18-1-6-22(7-2-18)28-10-9-26-17-28/h1-10,13-14,17H,11-12,15-16H2. The van der Waals surface area contributed by atoms with Crippen molar-refractivity contribution < 1.29 is 13.2 Å². The van der Waals surface area contributed by atoms with Crippen LogP contribution in [0.15, 0.2) is 84.3 Å². The Bertz CT molecular complexity index is 1420. The summed E-state index contributed by atoms with van der Waals surface area (Å²) in [5, 5.41) is 2.24. The van der Waals surface area contributed by atoms with Gasteiger partial charge in [-0.25, -0.2) is 13.4 Å². The van der Waals surface area contributed by atoms with Gasteiger partial charge in [-0.2, -0.15) is 4.31 Å². The summed E-state index contributed by atoms with van der Waals surface area (Å²) in [6.07, 6.45) is 5.30. The van der Waals surface area contributed by atoms with E-state index in [1.165, 1.54) is 4.31 Å². The van der Waals surface area contributed by atoms with Crippen molar-refractivity contribution in [3.8, 4) is 5.69 Å².